The van der Waals surface area contributed by atoms with Gasteiger partial charge in [-0.15, -0.1) is 0 Å². The van der Waals surface area contributed by atoms with Gasteiger partial charge in [-0.2, -0.15) is 0 Å². The van der Waals surface area contributed by atoms with Crippen LogP contribution in [0, 0.1) is 11.8 Å². The Labute approximate surface area is 234 Å². The molecule has 0 bridgehead atoms. The van der Waals surface area contributed by atoms with Gasteiger partial charge in [0.05, 0.1) is 34.0 Å². The third kappa shape index (κ3) is 9.42. The molecule has 0 radical (unpaired) electrons. The van der Waals surface area contributed by atoms with Gasteiger partial charge in [-0.05, 0) is 56.2 Å². The van der Waals surface area contributed by atoms with Crippen molar-refractivity contribution in [2.75, 3.05) is 34.0 Å². The van der Waals surface area contributed by atoms with Gasteiger partial charge >= 0.3 is 11.9 Å². The molecule has 222 valence electrons. The van der Waals surface area contributed by atoms with Crippen molar-refractivity contribution in [1.29, 1.82) is 0 Å². The first-order valence-corrected chi connectivity index (χ1v) is 13.5. The van der Waals surface area contributed by atoms with E-state index in [9.17, 15) is 24.0 Å². The minimum atomic E-state index is -1.09. The summed E-state index contributed by atoms with van der Waals surface area (Å²) >= 11 is 0. The number of carbonyl (C=O) groups excluding carboxylic acids is 5. The van der Waals surface area contributed by atoms with Crippen molar-refractivity contribution >= 4 is 29.7 Å². The van der Waals surface area contributed by atoms with E-state index in [1.54, 1.807) is 48.0 Å². The largest absolute Gasteiger partial charge is 0.493 e. The Morgan fingerprint density at radius 3 is 2.23 bits per heavy atom. The lowest BCUT2D eigenvalue weighted by molar-refractivity contribution is -0.149. The summed E-state index contributed by atoms with van der Waals surface area (Å²) in [6.45, 7) is 6.76. The van der Waals surface area contributed by atoms with Gasteiger partial charge in [0, 0.05) is 12.3 Å². The number of carbonyl (C=O) groups is 5. The van der Waals surface area contributed by atoms with Crippen LogP contribution < -0.4 is 25.4 Å². The molecular formula is C28H41N3O9. The van der Waals surface area contributed by atoms with Crippen molar-refractivity contribution in [3.63, 3.8) is 0 Å². The predicted octanol–water partition coefficient (Wildman–Crippen LogP) is 1.46. The number of benzene rings is 1. The van der Waals surface area contributed by atoms with Gasteiger partial charge in [-0.25, -0.2) is 4.79 Å². The molecule has 1 aliphatic carbocycles. The van der Waals surface area contributed by atoms with Crippen LogP contribution in [0.5, 0.6) is 11.5 Å². The fourth-order valence-electron chi connectivity index (χ4n) is 4.24. The van der Waals surface area contributed by atoms with Crippen molar-refractivity contribution in [2.24, 2.45) is 11.8 Å². The van der Waals surface area contributed by atoms with E-state index in [0.29, 0.717) is 17.9 Å². The highest BCUT2D eigenvalue weighted by molar-refractivity contribution is 5.93. The zero-order valence-corrected chi connectivity index (χ0v) is 24.0. The summed E-state index contributed by atoms with van der Waals surface area (Å²) in [5.41, 5.74) is 0.943. The molecule has 4 atom stereocenters. The van der Waals surface area contributed by atoms with Gasteiger partial charge < -0.3 is 34.9 Å². The van der Waals surface area contributed by atoms with E-state index >= 15 is 0 Å². The Bertz CT molecular complexity index is 1060. The average molecular weight is 564 g/mol. The molecule has 2 rings (SSSR count). The number of rotatable bonds is 16. The standard InChI is InChI=1S/C28H41N3O9/c1-7-39-24(33)12-10-20(28(36)40-8-2)30-27(35)25(16(3)4)31-23(32)15-29-26(34)19-14-18(19)17-9-11-21(37-5)22(13-17)38-6/h9,11,13,16,18-20,25H,7-8,10,12,14-15H2,1-6H3,(H,29,34)(H,30,35)(H,31,32)/t18?,19?,20-,25+/m1/s1. The Kier molecular flexibility index (Phi) is 12.7. The lowest BCUT2D eigenvalue weighted by Gasteiger charge is -2.25. The smallest absolute Gasteiger partial charge is 0.328 e. The lowest BCUT2D eigenvalue weighted by atomic mass is 10.0. The fourth-order valence-corrected chi connectivity index (χ4v) is 4.24. The zero-order chi connectivity index (χ0) is 29.8. The normalized spacial score (nSPS) is 17.2. The van der Waals surface area contributed by atoms with E-state index in [2.05, 4.69) is 16.0 Å². The van der Waals surface area contributed by atoms with Crippen molar-refractivity contribution < 1.29 is 42.9 Å². The van der Waals surface area contributed by atoms with Gasteiger partial charge in [0.15, 0.2) is 11.5 Å². The maximum atomic E-state index is 13.0. The Hall–Kier alpha value is -3.83. The molecule has 0 aliphatic heterocycles. The van der Waals surface area contributed by atoms with Crippen LogP contribution >= 0.6 is 0 Å². The van der Waals surface area contributed by atoms with E-state index in [1.165, 1.54) is 0 Å². The lowest BCUT2D eigenvalue weighted by Crippen LogP contribution is -2.55. The summed E-state index contributed by atoms with van der Waals surface area (Å²) < 4.78 is 20.5. The van der Waals surface area contributed by atoms with Crippen molar-refractivity contribution in [3.05, 3.63) is 23.8 Å². The summed E-state index contributed by atoms with van der Waals surface area (Å²) in [5.74, 6) is -2.03. The highest BCUT2D eigenvalue weighted by Gasteiger charge is 2.44. The molecule has 0 saturated heterocycles. The summed E-state index contributed by atoms with van der Waals surface area (Å²) in [6, 6.07) is 3.44. The molecule has 1 fully saturated rings. The topological polar surface area (TPSA) is 158 Å². The number of esters is 2. The number of methoxy groups -OCH3 is 2. The maximum Gasteiger partial charge on any atom is 0.328 e. The molecule has 40 heavy (non-hydrogen) atoms. The molecule has 3 N–H and O–H groups in total. The molecule has 12 heteroatoms. The first-order chi connectivity index (χ1) is 19.1. The molecule has 0 heterocycles. The third-order valence-electron chi connectivity index (χ3n) is 6.48. The number of amides is 3. The monoisotopic (exact) mass is 563 g/mol. The average Bonchev–Trinajstić information content (AvgIpc) is 3.73. The Balaban J connectivity index is 1.92. The molecule has 1 aromatic rings. The second-order valence-electron chi connectivity index (χ2n) is 9.73. The van der Waals surface area contributed by atoms with Crippen LogP contribution in [0.25, 0.3) is 0 Å². The van der Waals surface area contributed by atoms with E-state index in [4.69, 9.17) is 18.9 Å². The molecule has 12 nitrogen and oxygen atoms in total. The van der Waals surface area contributed by atoms with Crippen LogP contribution in [0.1, 0.15) is 58.4 Å². The van der Waals surface area contributed by atoms with Gasteiger partial charge in [-0.1, -0.05) is 19.9 Å². The summed E-state index contributed by atoms with van der Waals surface area (Å²) in [4.78, 5) is 62.4. The molecular weight excluding hydrogens is 522 g/mol. The van der Waals surface area contributed by atoms with Gasteiger partial charge in [0.2, 0.25) is 17.7 Å². The minimum Gasteiger partial charge on any atom is -0.493 e. The van der Waals surface area contributed by atoms with Crippen LogP contribution in [0.4, 0.5) is 0 Å². The quantitative estimate of drug-likeness (QED) is 0.253. The number of hydrogen-bond acceptors (Lipinski definition) is 9. The molecule has 2 unspecified atom stereocenters. The van der Waals surface area contributed by atoms with E-state index in [0.717, 1.165) is 5.56 Å². The summed E-state index contributed by atoms with van der Waals surface area (Å²) in [7, 11) is 3.09. The van der Waals surface area contributed by atoms with Crippen LogP contribution in [0.2, 0.25) is 0 Å². The predicted molar refractivity (Wildman–Crippen MR) is 145 cm³/mol. The van der Waals surface area contributed by atoms with Gasteiger partial charge in [-0.3, -0.25) is 19.2 Å². The number of nitrogens with one attached hydrogen (secondary N) is 3. The summed E-state index contributed by atoms with van der Waals surface area (Å²) in [6.07, 6.45) is 0.537. The first kappa shape index (κ1) is 32.4. The van der Waals surface area contributed by atoms with Crippen LogP contribution in [-0.2, 0) is 33.4 Å². The number of hydrogen-bond donors (Lipinski definition) is 3. The second-order valence-corrected chi connectivity index (χ2v) is 9.73. The number of ether oxygens (including phenoxy) is 4. The third-order valence-corrected chi connectivity index (χ3v) is 6.48. The molecule has 0 spiro atoms. The second kappa shape index (κ2) is 15.7. The van der Waals surface area contributed by atoms with Crippen molar-refractivity contribution in [2.45, 2.75) is 65.0 Å². The van der Waals surface area contributed by atoms with Crippen molar-refractivity contribution in [3.8, 4) is 11.5 Å². The summed E-state index contributed by atoms with van der Waals surface area (Å²) in [5, 5.41) is 7.84. The van der Waals surface area contributed by atoms with E-state index < -0.39 is 35.8 Å². The highest BCUT2D eigenvalue weighted by atomic mass is 16.5. The van der Waals surface area contributed by atoms with Gasteiger partial charge in [0.25, 0.3) is 0 Å². The fraction of sp³-hybridized carbons (Fsp3) is 0.607. The molecule has 3 amide bonds. The highest BCUT2D eigenvalue weighted by Crippen LogP contribution is 2.49. The molecule has 1 aliphatic rings. The first-order valence-electron chi connectivity index (χ1n) is 13.5. The molecule has 1 aromatic carbocycles. The molecule has 0 aromatic heterocycles. The van der Waals surface area contributed by atoms with E-state index in [1.807, 2.05) is 12.1 Å². The van der Waals surface area contributed by atoms with Crippen LogP contribution in [0.3, 0.4) is 0 Å². The van der Waals surface area contributed by atoms with Crippen LogP contribution in [0.15, 0.2) is 18.2 Å². The zero-order valence-electron chi connectivity index (χ0n) is 24.0. The van der Waals surface area contributed by atoms with Crippen molar-refractivity contribution in [1.82, 2.24) is 16.0 Å². The van der Waals surface area contributed by atoms with Gasteiger partial charge in [0.1, 0.15) is 12.1 Å². The minimum absolute atomic E-state index is 0.00600. The van der Waals surface area contributed by atoms with Crippen LogP contribution in [-0.4, -0.2) is 75.7 Å². The Morgan fingerprint density at radius 2 is 1.62 bits per heavy atom. The molecule has 1 saturated carbocycles. The SMILES string of the molecule is CCOC(=O)CC[C@@H](NC(=O)[C@@H](NC(=O)CNC(=O)C1CC1c1ccc(OC)c(OC)c1)C(C)C)C(=O)OCC. The van der Waals surface area contributed by atoms with E-state index in [-0.39, 0.29) is 56.3 Å². The Morgan fingerprint density at radius 1 is 0.950 bits per heavy atom. The maximum absolute atomic E-state index is 13.0.